The van der Waals surface area contributed by atoms with E-state index in [1.54, 1.807) is 0 Å². The van der Waals surface area contributed by atoms with Gasteiger partial charge in [0.05, 0.1) is 0 Å². The first-order valence-corrected chi connectivity index (χ1v) is 4.30. The second-order valence-electron chi connectivity index (χ2n) is 2.69. The molecule has 0 aliphatic heterocycles. The average Bonchev–Trinajstić information content (AvgIpc) is 1.87. The minimum absolute atomic E-state index is 0.403. The maximum atomic E-state index is 6.03. The van der Waals surface area contributed by atoms with Crippen LogP contribution in [0.2, 0.25) is 0 Å². The second kappa shape index (κ2) is 5.10. The summed E-state index contributed by atoms with van der Waals surface area (Å²) < 4.78 is 0. The fourth-order valence-electron chi connectivity index (χ4n) is 0.816. The van der Waals surface area contributed by atoms with Crippen molar-refractivity contribution in [3.8, 4) is 0 Å². The molecular formula is C8H17Cl. The van der Waals surface area contributed by atoms with Crippen LogP contribution < -0.4 is 0 Å². The summed E-state index contributed by atoms with van der Waals surface area (Å²) in [6.45, 7) is 6.58. The Balaban J connectivity index is 3.32. The molecule has 0 rings (SSSR count). The van der Waals surface area contributed by atoms with E-state index in [0.29, 0.717) is 11.3 Å². The molecule has 0 saturated heterocycles. The molecule has 0 amide bonds. The Bertz CT molecular complexity index is 61.6. The Hall–Kier alpha value is 0.290. The lowest BCUT2D eigenvalue weighted by Crippen LogP contribution is -2.09. The summed E-state index contributed by atoms with van der Waals surface area (Å²) >= 11 is 6.03. The molecule has 0 aliphatic rings. The zero-order chi connectivity index (χ0) is 7.28. The summed E-state index contributed by atoms with van der Waals surface area (Å²) in [7, 11) is 0. The zero-order valence-corrected chi connectivity index (χ0v) is 7.41. The van der Waals surface area contributed by atoms with Gasteiger partial charge in [-0.2, -0.15) is 0 Å². The summed E-state index contributed by atoms with van der Waals surface area (Å²) in [6.07, 6.45) is 3.57. The van der Waals surface area contributed by atoms with Crippen molar-refractivity contribution >= 4 is 11.6 Å². The van der Waals surface area contributed by atoms with E-state index < -0.39 is 0 Å². The van der Waals surface area contributed by atoms with Crippen LogP contribution >= 0.6 is 11.6 Å². The lowest BCUT2D eigenvalue weighted by atomic mass is 10.0. The molecule has 2 atom stereocenters. The lowest BCUT2D eigenvalue weighted by molar-refractivity contribution is 0.500. The Morgan fingerprint density at radius 3 is 2.22 bits per heavy atom. The van der Waals surface area contributed by atoms with Crippen LogP contribution in [-0.2, 0) is 0 Å². The van der Waals surface area contributed by atoms with E-state index in [1.807, 2.05) is 0 Å². The smallest absolute Gasteiger partial charge is 0.0361 e. The molecule has 1 heteroatoms. The summed E-state index contributed by atoms with van der Waals surface area (Å²) in [5.41, 5.74) is 0. The van der Waals surface area contributed by atoms with Crippen molar-refractivity contribution in [1.82, 2.24) is 0 Å². The fourth-order valence-corrected chi connectivity index (χ4v) is 1.21. The fraction of sp³-hybridized carbons (Fsp3) is 1.00. The van der Waals surface area contributed by atoms with Gasteiger partial charge >= 0.3 is 0 Å². The predicted octanol–water partition coefficient (Wildman–Crippen LogP) is 3.44. The van der Waals surface area contributed by atoms with E-state index in [-0.39, 0.29) is 0 Å². The molecule has 0 aliphatic carbocycles. The van der Waals surface area contributed by atoms with Crippen LogP contribution in [0.4, 0.5) is 0 Å². The number of alkyl halides is 1. The number of rotatable bonds is 4. The highest BCUT2D eigenvalue weighted by atomic mass is 35.5. The highest BCUT2D eigenvalue weighted by Gasteiger charge is 2.09. The van der Waals surface area contributed by atoms with Crippen molar-refractivity contribution in [3.05, 3.63) is 0 Å². The molecule has 0 aromatic heterocycles. The van der Waals surface area contributed by atoms with E-state index in [1.165, 1.54) is 12.8 Å². The lowest BCUT2D eigenvalue weighted by Gasteiger charge is -2.14. The van der Waals surface area contributed by atoms with Gasteiger partial charge in [-0.15, -0.1) is 11.6 Å². The molecule has 0 aromatic rings. The molecular weight excluding hydrogens is 132 g/mol. The van der Waals surface area contributed by atoms with Crippen LogP contribution in [0.15, 0.2) is 0 Å². The van der Waals surface area contributed by atoms with Crippen LogP contribution in [0.1, 0.15) is 40.0 Å². The van der Waals surface area contributed by atoms with Gasteiger partial charge in [0.15, 0.2) is 0 Å². The Labute approximate surface area is 63.6 Å². The van der Waals surface area contributed by atoms with Gasteiger partial charge in [0.2, 0.25) is 0 Å². The van der Waals surface area contributed by atoms with Crippen molar-refractivity contribution < 1.29 is 0 Å². The summed E-state index contributed by atoms with van der Waals surface area (Å²) in [4.78, 5) is 0. The minimum atomic E-state index is 0.403. The maximum Gasteiger partial charge on any atom is 0.0361 e. The van der Waals surface area contributed by atoms with Gasteiger partial charge in [-0.1, -0.05) is 33.6 Å². The second-order valence-corrected chi connectivity index (χ2v) is 3.25. The van der Waals surface area contributed by atoms with Gasteiger partial charge < -0.3 is 0 Å². The number of hydrogen-bond donors (Lipinski definition) is 0. The van der Waals surface area contributed by atoms with Gasteiger partial charge in [-0.3, -0.25) is 0 Å². The first kappa shape index (κ1) is 9.29. The summed E-state index contributed by atoms with van der Waals surface area (Å²) in [6, 6.07) is 0. The van der Waals surface area contributed by atoms with Crippen molar-refractivity contribution in [2.45, 2.75) is 45.4 Å². The molecule has 56 valence electrons. The number of hydrogen-bond acceptors (Lipinski definition) is 0. The van der Waals surface area contributed by atoms with Crippen LogP contribution in [0.5, 0.6) is 0 Å². The monoisotopic (exact) mass is 148 g/mol. The molecule has 0 spiro atoms. The van der Waals surface area contributed by atoms with Gasteiger partial charge in [0, 0.05) is 5.38 Å². The van der Waals surface area contributed by atoms with Crippen molar-refractivity contribution in [1.29, 1.82) is 0 Å². The molecule has 0 radical (unpaired) electrons. The quantitative estimate of drug-likeness (QED) is 0.536. The van der Waals surface area contributed by atoms with Crippen LogP contribution in [-0.4, -0.2) is 5.38 Å². The molecule has 0 N–H and O–H groups in total. The van der Waals surface area contributed by atoms with Crippen molar-refractivity contribution in [2.75, 3.05) is 0 Å². The Kier molecular flexibility index (Phi) is 5.27. The van der Waals surface area contributed by atoms with Crippen LogP contribution in [0.25, 0.3) is 0 Å². The van der Waals surface area contributed by atoms with E-state index in [0.717, 1.165) is 6.42 Å². The third-order valence-electron chi connectivity index (χ3n) is 1.83. The van der Waals surface area contributed by atoms with Gasteiger partial charge in [-0.25, -0.2) is 0 Å². The third-order valence-corrected chi connectivity index (χ3v) is 2.47. The zero-order valence-electron chi connectivity index (χ0n) is 6.65. The molecule has 2 unspecified atom stereocenters. The van der Waals surface area contributed by atoms with E-state index in [2.05, 4.69) is 20.8 Å². The summed E-state index contributed by atoms with van der Waals surface area (Å²) in [5.74, 6) is 0.687. The maximum absolute atomic E-state index is 6.03. The third kappa shape index (κ3) is 3.80. The highest BCUT2D eigenvalue weighted by Crippen LogP contribution is 2.18. The Morgan fingerprint density at radius 2 is 1.89 bits per heavy atom. The average molecular weight is 149 g/mol. The highest BCUT2D eigenvalue weighted by molar-refractivity contribution is 6.20. The van der Waals surface area contributed by atoms with E-state index in [4.69, 9.17) is 11.6 Å². The van der Waals surface area contributed by atoms with Crippen LogP contribution in [0.3, 0.4) is 0 Å². The first-order valence-electron chi connectivity index (χ1n) is 3.86. The van der Waals surface area contributed by atoms with Gasteiger partial charge in [0.25, 0.3) is 0 Å². The molecule has 0 fully saturated rings. The van der Waals surface area contributed by atoms with Crippen molar-refractivity contribution in [3.63, 3.8) is 0 Å². The summed E-state index contributed by atoms with van der Waals surface area (Å²) in [5, 5.41) is 0.403. The molecule has 0 saturated carbocycles. The minimum Gasteiger partial charge on any atom is -0.123 e. The molecule has 0 aromatic carbocycles. The first-order chi connectivity index (χ1) is 4.22. The normalized spacial score (nSPS) is 17.3. The van der Waals surface area contributed by atoms with Crippen molar-refractivity contribution in [2.24, 2.45) is 5.92 Å². The van der Waals surface area contributed by atoms with E-state index >= 15 is 0 Å². The Morgan fingerprint density at radius 1 is 1.33 bits per heavy atom. The molecule has 0 bridgehead atoms. The predicted molar refractivity (Wildman–Crippen MR) is 44.0 cm³/mol. The van der Waals surface area contributed by atoms with E-state index in [9.17, 15) is 0 Å². The topological polar surface area (TPSA) is 0 Å². The van der Waals surface area contributed by atoms with Gasteiger partial charge in [0.1, 0.15) is 0 Å². The SMILES string of the molecule is CCCC(Cl)C(C)CC. The standard InChI is InChI=1S/C8H17Cl/c1-4-6-8(9)7(3)5-2/h7-8H,4-6H2,1-3H3. The molecule has 0 nitrogen and oxygen atoms in total. The van der Waals surface area contributed by atoms with Crippen LogP contribution in [0, 0.1) is 5.92 Å². The van der Waals surface area contributed by atoms with Gasteiger partial charge in [-0.05, 0) is 12.3 Å². The number of halogens is 1. The molecule has 9 heavy (non-hydrogen) atoms. The largest absolute Gasteiger partial charge is 0.123 e. The molecule has 0 heterocycles.